The molecule has 1 fully saturated rings. The van der Waals surface area contributed by atoms with Gasteiger partial charge in [-0.2, -0.15) is 13.9 Å². The maximum Gasteiger partial charge on any atom is 0.387 e. The maximum absolute atomic E-state index is 12.6. The number of thiocarbonyl (C=S) groups is 1. The highest BCUT2D eigenvalue weighted by atomic mass is 32.1. The number of hydrazone groups is 1. The van der Waals surface area contributed by atoms with Crippen molar-refractivity contribution in [2.45, 2.75) is 6.61 Å². The van der Waals surface area contributed by atoms with Gasteiger partial charge in [-0.15, -0.1) is 0 Å². The second-order valence-corrected chi connectivity index (χ2v) is 6.28. The van der Waals surface area contributed by atoms with Crippen LogP contribution < -0.4 is 29.9 Å². The summed E-state index contributed by atoms with van der Waals surface area (Å²) in [7, 11) is 2.70. The molecular formula is C17H25F2N4O4S+. The number of ether oxygens (including phenoxy) is 4. The standard InChI is InChI=1S/C17H24F2N4O4S/c1-24-13-9-12(10-14(25-2)15(13)27-16(18)19)11-21-22-17(28)20-3-4-23-5-7-26-8-6-23/h9-11,16H,3-8H2,1-2H3,(H2,20,22,28)/p+1/b21-11-. The molecule has 1 heterocycles. The minimum absolute atomic E-state index is 0.107. The molecule has 0 aromatic heterocycles. The highest BCUT2D eigenvalue weighted by molar-refractivity contribution is 7.80. The van der Waals surface area contributed by atoms with Crippen LogP contribution in [0, 0.1) is 0 Å². The van der Waals surface area contributed by atoms with E-state index in [1.807, 2.05) is 0 Å². The number of quaternary nitrogens is 1. The van der Waals surface area contributed by atoms with Crippen molar-refractivity contribution in [3.8, 4) is 17.2 Å². The summed E-state index contributed by atoms with van der Waals surface area (Å²) in [6, 6.07) is 3.01. The number of benzene rings is 1. The molecular weight excluding hydrogens is 394 g/mol. The van der Waals surface area contributed by atoms with Crippen LogP contribution in [0.3, 0.4) is 0 Å². The van der Waals surface area contributed by atoms with Crippen LogP contribution in [0.5, 0.6) is 17.2 Å². The van der Waals surface area contributed by atoms with E-state index in [1.54, 1.807) is 0 Å². The molecule has 1 aliphatic heterocycles. The van der Waals surface area contributed by atoms with Crippen molar-refractivity contribution in [3.05, 3.63) is 17.7 Å². The summed E-state index contributed by atoms with van der Waals surface area (Å²) >= 11 is 5.18. The zero-order valence-corrected chi connectivity index (χ0v) is 16.6. The second-order valence-electron chi connectivity index (χ2n) is 5.87. The summed E-state index contributed by atoms with van der Waals surface area (Å²) in [6.07, 6.45) is 1.47. The molecule has 0 bridgehead atoms. The Morgan fingerprint density at radius 1 is 1.29 bits per heavy atom. The van der Waals surface area contributed by atoms with Crippen molar-refractivity contribution >= 4 is 23.5 Å². The topological polar surface area (TPSA) is 77.8 Å². The lowest BCUT2D eigenvalue weighted by molar-refractivity contribution is -0.906. The van der Waals surface area contributed by atoms with Crippen LogP contribution in [0.25, 0.3) is 0 Å². The Hall–Kier alpha value is -2.24. The monoisotopic (exact) mass is 419 g/mol. The molecule has 8 nitrogen and oxygen atoms in total. The third-order valence-electron chi connectivity index (χ3n) is 4.03. The number of alkyl halides is 2. The second kappa shape index (κ2) is 11.6. The molecule has 28 heavy (non-hydrogen) atoms. The van der Waals surface area contributed by atoms with Crippen molar-refractivity contribution in [3.63, 3.8) is 0 Å². The Labute approximate surface area is 167 Å². The molecule has 0 atom stereocenters. The molecule has 0 aliphatic carbocycles. The van der Waals surface area contributed by atoms with E-state index in [0.717, 1.165) is 39.4 Å². The number of rotatable bonds is 9. The average molecular weight is 419 g/mol. The van der Waals surface area contributed by atoms with Crippen LogP contribution in [0.1, 0.15) is 5.56 Å². The Balaban J connectivity index is 1.87. The molecule has 1 aromatic rings. The third-order valence-corrected chi connectivity index (χ3v) is 4.27. The van der Waals surface area contributed by atoms with Gasteiger partial charge in [0.1, 0.15) is 13.1 Å². The Morgan fingerprint density at radius 2 is 1.93 bits per heavy atom. The van der Waals surface area contributed by atoms with Gasteiger partial charge in [-0.05, 0) is 24.4 Å². The Morgan fingerprint density at radius 3 is 2.50 bits per heavy atom. The zero-order chi connectivity index (χ0) is 20.4. The van der Waals surface area contributed by atoms with Crippen molar-refractivity contribution in [2.75, 3.05) is 53.6 Å². The fourth-order valence-electron chi connectivity index (χ4n) is 2.65. The van der Waals surface area contributed by atoms with Gasteiger partial charge in [-0.25, -0.2) is 0 Å². The van der Waals surface area contributed by atoms with E-state index >= 15 is 0 Å². The fraction of sp³-hybridized carbons (Fsp3) is 0.529. The quantitative estimate of drug-likeness (QED) is 0.296. The first-order chi connectivity index (χ1) is 13.5. The highest BCUT2D eigenvalue weighted by Gasteiger charge is 2.17. The third kappa shape index (κ3) is 7.06. The van der Waals surface area contributed by atoms with Crippen LogP contribution in [-0.2, 0) is 4.74 Å². The minimum Gasteiger partial charge on any atom is -0.493 e. The van der Waals surface area contributed by atoms with Crippen molar-refractivity contribution in [1.29, 1.82) is 0 Å². The lowest BCUT2D eigenvalue weighted by Gasteiger charge is -2.23. The van der Waals surface area contributed by atoms with E-state index in [-0.39, 0.29) is 17.2 Å². The van der Waals surface area contributed by atoms with E-state index in [1.165, 1.54) is 37.5 Å². The van der Waals surface area contributed by atoms with Crippen LogP contribution in [0.4, 0.5) is 8.78 Å². The zero-order valence-electron chi connectivity index (χ0n) is 15.8. The van der Waals surface area contributed by atoms with Gasteiger partial charge in [0.05, 0.1) is 46.7 Å². The number of methoxy groups -OCH3 is 2. The van der Waals surface area contributed by atoms with Gasteiger partial charge < -0.3 is 29.2 Å². The normalized spacial score (nSPS) is 14.9. The number of nitrogens with one attached hydrogen (secondary N) is 3. The van der Waals surface area contributed by atoms with Crippen LogP contribution in [0.2, 0.25) is 0 Å². The predicted octanol–water partition coefficient (Wildman–Crippen LogP) is 0.0183. The minimum atomic E-state index is -2.99. The van der Waals surface area contributed by atoms with Gasteiger partial charge >= 0.3 is 6.61 Å². The molecule has 0 radical (unpaired) electrons. The first-order valence-electron chi connectivity index (χ1n) is 8.72. The summed E-state index contributed by atoms with van der Waals surface area (Å²) < 4.78 is 45.1. The van der Waals surface area contributed by atoms with Crippen LogP contribution in [-0.4, -0.2) is 71.6 Å². The van der Waals surface area contributed by atoms with Gasteiger partial charge in [0, 0.05) is 5.56 Å². The number of hydrogen-bond donors (Lipinski definition) is 3. The molecule has 1 saturated heterocycles. The number of morpholine rings is 1. The van der Waals surface area contributed by atoms with Crippen LogP contribution >= 0.6 is 12.2 Å². The summed E-state index contributed by atoms with van der Waals surface area (Å²) in [5, 5.41) is 7.52. The lowest BCUT2D eigenvalue weighted by atomic mass is 10.2. The van der Waals surface area contributed by atoms with E-state index in [4.69, 9.17) is 26.4 Å². The summed E-state index contributed by atoms with van der Waals surface area (Å²) in [5.74, 6) is 0.0403. The molecule has 156 valence electrons. The first-order valence-corrected chi connectivity index (χ1v) is 9.13. The van der Waals surface area contributed by atoms with Gasteiger partial charge in [0.2, 0.25) is 5.75 Å². The fourth-order valence-corrected chi connectivity index (χ4v) is 2.80. The molecule has 0 unspecified atom stereocenters. The van der Waals surface area contributed by atoms with Gasteiger partial charge in [0.15, 0.2) is 16.6 Å². The molecule has 1 aliphatic rings. The smallest absolute Gasteiger partial charge is 0.387 e. The van der Waals surface area contributed by atoms with Gasteiger partial charge in [0.25, 0.3) is 0 Å². The van der Waals surface area contributed by atoms with E-state index in [2.05, 4.69) is 20.6 Å². The summed E-state index contributed by atoms with van der Waals surface area (Å²) in [6.45, 7) is 2.23. The van der Waals surface area contributed by atoms with Crippen LogP contribution in [0.15, 0.2) is 17.2 Å². The predicted molar refractivity (Wildman–Crippen MR) is 104 cm³/mol. The number of hydrogen-bond acceptors (Lipinski definition) is 6. The maximum atomic E-state index is 12.6. The Kier molecular flexibility index (Phi) is 9.11. The average Bonchev–Trinajstić information content (AvgIpc) is 2.69. The molecule has 11 heteroatoms. The Bertz CT molecular complexity index is 648. The number of halogens is 2. The van der Waals surface area contributed by atoms with Crippen molar-refractivity contribution < 1.29 is 32.6 Å². The SMILES string of the molecule is COc1cc(/C=N\NC(=S)NCC[NH+]2CCOCC2)cc(OC)c1OC(F)F. The van der Waals surface area contributed by atoms with Gasteiger partial charge in [-0.3, -0.25) is 5.43 Å². The summed E-state index contributed by atoms with van der Waals surface area (Å²) in [5.41, 5.74) is 3.27. The van der Waals surface area contributed by atoms with E-state index < -0.39 is 6.61 Å². The molecule has 3 N–H and O–H groups in total. The molecule has 0 saturated carbocycles. The summed E-state index contributed by atoms with van der Waals surface area (Å²) in [4.78, 5) is 1.47. The van der Waals surface area contributed by atoms with Crippen molar-refractivity contribution in [2.24, 2.45) is 5.10 Å². The lowest BCUT2D eigenvalue weighted by Crippen LogP contribution is -3.14. The van der Waals surface area contributed by atoms with E-state index in [9.17, 15) is 8.78 Å². The largest absolute Gasteiger partial charge is 0.493 e. The first kappa shape index (κ1) is 22.1. The molecule has 2 rings (SSSR count). The van der Waals surface area contributed by atoms with E-state index in [0.29, 0.717) is 10.7 Å². The molecule has 1 aromatic carbocycles. The van der Waals surface area contributed by atoms with Crippen molar-refractivity contribution in [1.82, 2.24) is 10.7 Å². The molecule has 0 spiro atoms. The molecule has 0 amide bonds. The highest BCUT2D eigenvalue weighted by Crippen LogP contribution is 2.39. The van der Waals surface area contributed by atoms with Gasteiger partial charge in [-0.1, -0.05) is 0 Å². The number of nitrogens with zero attached hydrogens (tertiary/aromatic N) is 1.